The van der Waals surface area contributed by atoms with Gasteiger partial charge < -0.3 is 4.98 Å². The predicted octanol–water partition coefficient (Wildman–Crippen LogP) is 3.93. The average Bonchev–Trinajstić information content (AvgIpc) is 2.74. The van der Waals surface area contributed by atoms with E-state index < -0.39 is 0 Å². The van der Waals surface area contributed by atoms with Gasteiger partial charge in [-0.2, -0.15) is 0 Å². The monoisotopic (exact) mass is 263 g/mol. The molecule has 2 aromatic heterocycles. The number of aromatic nitrogens is 3. The lowest BCUT2D eigenvalue weighted by Crippen LogP contribution is -1.82. The molecule has 0 fully saturated rings. The Morgan fingerprint density at radius 1 is 1.12 bits per heavy atom. The van der Waals surface area contributed by atoms with Gasteiger partial charge in [0.25, 0.3) is 0 Å². The van der Waals surface area contributed by atoms with Gasteiger partial charge in [0.1, 0.15) is 17.1 Å². The van der Waals surface area contributed by atoms with Crippen molar-refractivity contribution in [2.24, 2.45) is 0 Å². The highest BCUT2D eigenvalue weighted by Crippen LogP contribution is 2.32. The van der Waals surface area contributed by atoms with E-state index >= 15 is 0 Å². The molecule has 0 aliphatic carbocycles. The van der Waals surface area contributed by atoms with Gasteiger partial charge in [0.2, 0.25) is 0 Å². The number of H-pyrrole nitrogens is 1. The number of hydrogen-bond acceptors (Lipinski definition) is 2. The van der Waals surface area contributed by atoms with E-state index in [4.69, 9.17) is 23.2 Å². The lowest BCUT2D eigenvalue weighted by Gasteiger charge is -2.00. The second-order valence-electron chi connectivity index (χ2n) is 3.60. The molecule has 5 heteroatoms. The highest BCUT2D eigenvalue weighted by atomic mass is 35.5. The number of nitrogens with one attached hydrogen (secondary N) is 1. The topological polar surface area (TPSA) is 41.6 Å². The molecular weight excluding hydrogens is 257 g/mol. The standard InChI is InChI=1S/C12H7Cl2N3/c13-8-3-1-2-7(4-8)9-5-15-12-10(9)11(14)16-6-17-12/h1-6H,(H,15,16,17). The Balaban J connectivity index is 2.31. The van der Waals surface area contributed by atoms with E-state index in [1.807, 2.05) is 30.5 Å². The van der Waals surface area contributed by atoms with Crippen LogP contribution in [0.4, 0.5) is 0 Å². The predicted molar refractivity (Wildman–Crippen MR) is 69.3 cm³/mol. The summed E-state index contributed by atoms with van der Waals surface area (Å²) in [6.07, 6.45) is 3.29. The summed E-state index contributed by atoms with van der Waals surface area (Å²) in [6.45, 7) is 0. The van der Waals surface area contributed by atoms with Crippen molar-refractivity contribution in [2.75, 3.05) is 0 Å². The third-order valence-corrected chi connectivity index (χ3v) is 3.08. The van der Waals surface area contributed by atoms with E-state index in [9.17, 15) is 0 Å². The van der Waals surface area contributed by atoms with Crippen molar-refractivity contribution < 1.29 is 0 Å². The first kappa shape index (κ1) is 10.6. The van der Waals surface area contributed by atoms with Crippen LogP contribution in [0.15, 0.2) is 36.8 Å². The van der Waals surface area contributed by atoms with E-state index in [1.165, 1.54) is 6.33 Å². The minimum atomic E-state index is 0.436. The van der Waals surface area contributed by atoms with Crippen LogP contribution in [-0.4, -0.2) is 15.0 Å². The number of nitrogens with zero attached hydrogens (tertiary/aromatic N) is 2. The molecule has 3 aromatic rings. The minimum absolute atomic E-state index is 0.436. The summed E-state index contributed by atoms with van der Waals surface area (Å²) < 4.78 is 0. The molecule has 0 amide bonds. The second-order valence-corrected chi connectivity index (χ2v) is 4.40. The van der Waals surface area contributed by atoms with Gasteiger partial charge in [-0.15, -0.1) is 0 Å². The molecule has 0 aliphatic heterocycles. The summed E-state index contributed by atoms with van der Waals surface area (Å²) in [6, 6.07) is 7.58. The Bertz CT molecular complexity index is 691. The lowest BCUT2D eigenvalue weighted by atomic mass is 10.1. The van der Waals surface area contributed by atoms with Gasteiger partial charge >= 0.3 is 0 Å². The summed E-state index contributed by atoms with van der Waals surface area (Å²) in [7, 11) is 0. The van der Waals surface area contributed by atoms with E-state index in [-0.39, 0.29) is 0 Å². The van der Waals surface area contributed by atoms with Crippen molar-refractivity contribution in [2.45, 2.75) is 0 Å². The summed E-state index contributed by atoms with van der Waals surface area (Å²) in [5, 5.41) is 1.94. The summed E-state index contributed by atoms with van der Waals surface area (Å²) in [5.41, 5.74) is 2.66. The minimum Gasteiger partial charge on any atom is -0.345 e. The molecule has 3 rings (SSSR count). The SMILES string of the molecule is Clc1cccc(-c2c[nH]c3ncnc(Cl)c23)c1. The van der Waals surface area contributed by atoms with Crippen LogP contribution in [-0.2, 0) is 0 Å². The largest absolute Gasteiger partial charge is 0.345 e. The van der Waals surface area contributed by atoms with Crippen LogP contribution in [0.2, 0.25) is 10.2 Å². The Kier molecular flexibility index (Phi) is 2.50. The van der Waals surface area contributed by atoms with E-state index in [0.717, 1.165) is 22.2 Å². The Morgan fingerprint density at radius 3 is 2.82 bits per heavy atom. The summed E-state index contributed by atoms with van der Waals surface area (Å²) >= 11 is 12.1. The van der Waals surface area contributed by atoms with Crippen molar-refractivity contribution in [1.82, 2.24) is 15.0 Å². The number of fused-ring (bicyclic) bond motifs is 1. The molecule has 0 bridgehead atoms. The second kappa shape index (κ2) is 4.02. The molecule has 0 saturated heterocycles. The fraction of sp³-hybridized carbons (Fsp3) is 0. The molecule has 2 heterocycles. The fourth-order valence-electron chi connectivity index (χ4n) is 1.81. The average molecular weight is 264 g/mol. The number of benzene rings is 1. The molecule has 1 N–H and O–H groups in total. The van der Waals surface area contributed by atoms with Gasteiger partial charge in [-0.05, 0) is 17.7 Å². The van der Waals surface area contributed by atoms with Crippen LogP contribution in [0.1, 0.15) is 0 Å². The van der Waals surface area contributed by atoms with Gasteiger partial charge in [-0.3, -0.25) is 0 Å². The zero-order chi connectivity index (χ0) is 11.8. The first-order valence-corrected chi connectivity index (χ1v) is 5.75. The number of halogens is 2. The zero-order valence-electron chi connectivity index (χ0n) is 8.61. The van der Waals surface area contributed by atoms with Crippen molar-refractivity contribution in [3.8, 4) is 11.1 Å². The molecule has 84 valence electrons. The van der Waals surface area contributed by atoms with Crippen molar-refractivity contribution in [1.29, 1.82) is 0 Å². The van der Waals surface area contributed by atoms with E-state index in [1.54, 1.807) is 0 Å². The lowest BCUT2D eigenvalue weighted by molar-refractivity contribution is 1.20. The van der Waals surface area contributed by atoms with E-state index in [2.05, 4.69) is 15.0 Å². The first-order valence-electron chi connectivity index (χ1n) is 4.99. The highest BCUT2D eigenvalue weighted by molar-refractivity contribution is 6.35. The fourth-order valence-corrected chi connectivity index (χ4v) is 2.23. The normalized spacial score (nSPS) is 10.9. The van der Waals surface area contributed by atoms with Crippen LogP contribution in [0.25, 0.3) is 22.2 Å². The molecule has 3 nitrogen and oxygen atoms in total. The third-order valence-electron chi connectivity index (χ3n) is 2.56. The first-order chi connectivity index (χ1) is 8.25. The van der Waals surface area contributed by atoms with Gasteiger partial charge in [0, 0.05) is 16.8 Å². The molecule has 0 radical (unpaired) electrons. The molecular formula is C12H7Cl2N3. The smallest absolute Gasteiger partial charge is 0.142 e. The summed E-state index contributed by atoms with van der Waals surface area (Å²) in [5.74, 6) is 0. The molecule has 17 heavy (non-hydrogen) atoms. The molecule has 0 atom stereocenters. The van der Waals surface area contributed by atoms with Gasteiger partial charge in [-0.25, -0.2) is 9.97 Å². The molecule has 1 aromatic carbocycles. The summed E-state index contributed by atoms with van der Waals surface area (Å²) in [4.78, 5) is 11.2. The maximum absolute atomic E-state index is 6.09. The Labute approximate surface area is 107 Å². The maximum Gasteiger partial charge on any atom is 0.142 e. The van der Waals surface area contributed by atoms with Crippen molar-refractivity contribution in [3.63, 3.8) is 0 Å². The van der Waals surface area contributed by atoms with Crippen LogP contribution in [0.5, 0.6) is 0 Å². The van der Waals surface area contributed by atoms with Crippen molar-refractivity contribution >= 4 is 34.2 Å². The molecule has 0 spiro atoms. The number of aromatic amines is 1. The maximum atomic E-state index is 6.09. The molecule has 0 saturated carbocycles. The zero-order valence-corrected chi connectivity index (χ0v) is 10.1. The number of hydrogen-bond donors (Lipinski definition) is 1. The van der Waals surface area contributed by atoms with Crippen LogP contribution in [0.3, 0.4) is 0 Å². The van der Waals surface area contributed by atoms with Crippen LogP contribution in [0, 0.1) is 0 Å². The Hall–Kier alpha value is -1.58. The van der Waals surface area contributed by atoms with Crippen molar-refractivity contribution in [3.05, 3.63) is 47.0 Å². The van der Waals surface area contributed by atoms with Gasteiger partial charge in [0.15, 0.2) is 0 Å². The molecule has 0 aliphatic rings. The Morgan fingerprint density at radius 2 is 2.00 bits per heavy atom. The van der Waals surface area contributed by atoms with Crippen LogP contribution >= 0.6 is 23.2 Å². The highest BCUT2D eigenvalue weighted by Gasteiger charge is 2.11. The third kappa shape index (κ3) is 1.77. The molecule has 0 unspecified atom stereocenters. The number of rotatable bonds is 1. The van der Waals surface area contributed by atoms with E-state index in [0.29, 0.717) is 10.2 Å². The van der Waals surface area contributed by atoms with Crippen LogP contribution < -0.4 is 0 Å². The van der Waals surface area contributed by atoms with Gasteiger partial charge in [0.05, 0.1) is 5.39 Å². The quantitative estimate of drug-likeness (QED) is 0.676. The van der Waals surface area contributed by atoms with Gasteiger partial charge in [-0.1, -0.05) is 35.3 Å².